The minimum absolute atomic E-state index is 0.0423. The van der Waals surface area contributed by atoms with Crippen LogP contribution in [0.4, 0.5) is 5.82 Å². The van der Waals surface area contributed by atoms with E-state index in [2.05, 4.69) is 27.5 Å². The van der Waals surface area contributed by atoms with Gasteiger partial charge in [0.2, 0.25) is 5.71 Å². The Kier molecular flexibility index (Phi) is 3.90. The fourth-order valence-electron chi connectivity index (χ4n) is 2.89. The Morgan fingerprint density at radius 3 is 2.62 bits per heavy atom. The predicted octanol–water partition coefficient (Wildman–Crippen LogP) is 3.73. The minimum Gasteiger partial charge on any atom is -0.445 e. The van der Waals surface area contributed by atoms with E-state index in [1.807, 2.05) is 38.1 Å². The quantitative estimate of drug-likeness (QED) is 0.733. The summed E-state index contributed by atoms with van der Waals surface area (Å²) >= 11 is 0. The Labute approximate surface area is 152 Å². The third-order valence-electron chi connectivity index (χ3n) is 4.78. The molecule has 0 radical (unpaired) electrons. The van der Waals surface area contributed by atoms with Crippen molar-refractivity contribution in [1.82, 2.24) is 15.3 Å². The number of hydrogen-bond donors (Lipinski definition) is 2. The highest BCUT2D eigenvalue weighted by atomic mass is 16.3. The molecule has 0 aliphatic heterocycles. The Morgan fingerprint density at radius 1 is 1.19 bits per heavy atom. The minimum atomic E-state index is -0.194. The SMILES string of the molecule is Cc1ccc(CNC(=O)c2coc3nc(C)nc(NC4(C)CC4)c23)cc1. The highest BCUT2D eigenvalue weighted by Crippen LogP contribution is 2.39. The normalized spacial score (nSPS) is 15.0. The fraction of sp³-hybridized carbons (Fsp3) is 0.350. The van der Waals surface area contributed by atoms with Gasteiger partial charge in [-0.3, -0.25) is 4.79 Å². The number of nitrogens with one attached hydrogen (secondary N) is 2. The first-order valence-electron chi connectivity index (χ1n) is 8.81. The Hall–Kier alpha value is -2.89. The van der Waals surface area contributed by atoms with Crippen LogP contribution in [0, 0.1) is 13.8 Å². The largest absolute Gasteiger partial charge is 0.445 e. The van der Waals surface area contributed by atoms with Gasteiger partial charge < -0.3 is 15.1 Å². The lowest BCUT2D eigenvalue weighted by molar-refractivity contribution is 0.0951. The number of carbonyl (C=O) groups excluding carboxylic acids is 1. The number of amides is 1. The lowest BCUT2D eigenvalue weighted by Gasteiger charge is -2.14. The summed E-state index contributed by atoms with van der Waals surface area (Å²) < 4.78 is 5.54. The number of furan rings is 1. The Bertz CT molecular complexity index is 971. The van der Waals surface area contributed by atoms with Crippen molar-refractivity contribution in [2.75, 3.05) is 5.32 Å². The molecule has 2 aromatic heterocycles. The summed E-state index contributed by atoms with van der Waals surface area (Å²) in [5.74, 6) is 1.09. The molecule has 2 heterocycles. The smallest absolute Gasteiger partial charge is 0.255 e. The van der Waals surface area contributed by atoms with E-state index in [-0.39, 0.29) is 11.4 Å². The zero-order chi connectivity index (χ0) is 18.3. The van der Waals surface area contributed by atoms with Crippen LogP contribution >= 0.6 is 0 Å². The number of carbonyl (C=O) groups is 1. The number of aromatic nitrogens is 2. The summed E-state index contributed by atoms with van der Waals surface area (Å²) in [5.41, 5.74) is 3.18. The van der Waals surface area contributed by atoms with E-state index in [9.17, 15) is 4.79 Å². The van der Waals surface area contributed by atoms with Crippen LogP contribution in [0.5, 0.6) is 0 Å². The second-order valence-corrected chi connectivity index (χ2v) is 7.30. The highest BCUT2D eigenvalue weighted by Gasteiger charge is 2.38. The van der Waals surface area contributed by atoms with E-state index in [4.69, 9.17) is 4.42 Å². The lowest BCUT2D eigenvalue weighted by atomic mass is 10.1. The van der Waals surface area contributed by atoms with E-state index in [1.54, 1.807) is 0 Å². The second-order valence-electron chi connectivity index (χ2n) is 7.30. The summed E-state index contributed by atoms with van der Waals surface area (Å²) in [6.07, 6.45) is 3.64. The molecular weight excluding hydrogens is 328 g/mol. The third kappa shape index (κ3) is 3.27. The van der Waals surface area contributed by atoms with E-state index in [1.165, 1.54) is 11.8 Å². The van der Waals surface area contributed by atoms with Crippen molar-refractivity contribution in [3.05, 3.63) is 53.0 Å². The zero-order valence-corrected chi connectivity index (χ0v) is 15.2. The molecule has 26 heavy (non-hydrogen) atoms. The van der Waals surface area contributed by atoms with Crippen molar-refractivity contribution in [2.45, 2.75) is 45.7 Å². The van der Waals surface area contributed by atoms with Gasteiger partial charge in [-0.15, -0.1) is 0 Å². The molecule has 0 atom stereocenters. The molecule has 3 aromatic rings. The van der Waals surface area contributed by atoms with Gasteiger partial charge in [0.1, 0.15) is 17.9 Å². The monoisotopic (exact) mass is 350 g/mol. The fourth-order valence-corrected chi connectivity index (χ4v) is 2.89. The molecule has 0 spiro atoms. The first kappa shape index (κ1) is 16.6. The maximum Gasteiger partial charge on any atom is 0.255 e. The second kappa shape index (κ2) is 6.12. The Balaban J connectivity index is 1.61. The molecule has 4 rings (SSSR count). The van der Waals surface area contributed by atoms with Crippen LogP contribution in [0.25, 0.3) is 11.1 Å². The average Bonchev–Trinajstić information content (AvgIpc) is 3.16. The molecule has 2 N–H and O–H groups in total. The summed E-state index contributed by atoms with van der Waals surface area (Å²) in [7, 11) is 0. The molecule has 6 heteroatoms. The molecule has 1 aliphatic rings. The third-order valence-corrected chi connectivity index (χ3v) is 4.78. The van der Waals surface area contributed by atoms with Crippen molar-refractivity contribution >= 4 is 22.8 Å². The molecule has 1 fully saturated rings. The molecule has 0 unspecified atom stereocenters. The van der Waals surface area contributed by atoms with Gasteiger partial charge in [0.15, 0.2) is 0 Å². The van der Waals surface area contributed by atoms with E-state index in [0.29, 0.717) is 34.9 Å². The predicted molar refractivity (Wildman–Crippen MR) is 100 cm³/mol. The summed E-state index contributed by atoms with van der Waals surface area (Å²) in [6.45, 7) is 6.46. The summed E-state index contributed by atoms with van der Waals surface area (Å²) in [4.78, 5) is 21.6. The molecule has 1 aromatic carbocycles. The molecule has 1 aliphatic carbocycles. The van der Waals surface area contributed by atoms with Gasteiger partial charge in [-0.2, -0.15) is 4.98 Å². The molecular formula is C20H22N4O2. The maximum atomic E-state index is 12.7. The summed E-state index contributed by atoms with van der Waals surface area (Å²) in [5, 5.41) is 7.04. The molecule has 1 amide bonds. The first-order valence-corrected chi connectivity index (χ1v) is 8.81. The van der Waals surface area contributed by atoms with Crippen LogP contribution in [0.1, 0.15) is 47.1 Å². The molecule has 134 valence electrons. The van der Waals surface area contributed by atoms with Gasteiger partial charge in [-0.05, 0) is 39.2 Å². The molecule has 0 saturated heterocycles. The topological polar surface area (TPSA) is 80.1 Å². The van der Waals surface area contributed by atoms with Gasteiger partial charge in [0.25, 0.3) is 5.91 Å². The number of benzene rings is 1. The number of fused-ring (bicyclic) bond motifs is 1. The van der Waals surface area contributed by atoms with Gasteiger partial charge in [0.05, 0.1) is 10.9 Å². The van der Waals surface area contributed by atoms with E-state index >= 15 is 0 Å². The van der Waals surface area contributed by atoms with Crippen LogP contribution in [-0.4, -0.2) is 21.4 Å². The number of anilines is 1. The average molecular weight is 350 g/mol. The number of nitrogens with zero attached hydrogens (tertiary/aromatic N) is 2. The van der Waals surface area contributed by atoms with Gasteiger partial charge in [0, 0.05) is 12.1 Å². The number of rotatable bonds is 5. The molecule has 0 bridgehead atoms. The van der Waals surface area contributed by atoms with Crippen LogP contribution in [0.2, 0.25) is 0 Å². The van der Waals surface area contributed by atoms with Crippen molar-refractivity contribution in [2.24, 2.45) is 0 Å². The molecule has 6 nitrogen and oxygen atoms in total. The van der Waals surface area contributed by atoms with Crippen molar-refractivity contribution < 1.29 is 9.21 Å². The zero-order valence-electron chi connectivity index (χ0n) is 15.2. The Morgan fingerprint density at radius 2 is 1.92 bits per heavy atom. The highest BCUT2D eigenvalue weighted by molar-refractivity contribution is 6.08. The van der Waals surface area contributed by atoms with Crippen molar-refractivity contribution in [1.29, 1.82) is 0 Å². The van der Waals surface area contributed by atoms with Gasteiger partial charge >= 0.3 is 0 Å². The summed E-state index contributed by atoms with van der Waals surface area (Å²) in [6, 6.07) is 8.08. The van der Waals surface area contributed by atoms with Crippen molar-refractivity contribution in [3.63, 3.8) is 0 Å². The lowest BCUT2D eigenvalue weighted by Crippen LogP contribution is -2.23. The van der Waals surface area contributed by atoms with Crippen LogP contribution in [0.3, 0.4) is 0 Å². The standard InChI is InChI=1S/C20H22N4O2/c1-12-4-6-14(7-5-12)10-21-18(25)15-11-26-19-16(15)17(22-13(2)23-19)24-20(3)8-9-20/h4-7,11H,8-10H2,1-3H3,(H,21,25)(H,22,23,24). The van der Waals surface area contributed by atoms with Crippen LogP contribution in [-0.2, 0) is 6.54 Å². The number of aryl methyl sites for hydroxylation is 2. The van der Waals surface area contributed by atoms with Crippen LogP contribution < -0.4 is 10.6 Å². The van der Waals surface area contributed by atoms with Crippen LogP contribution in [0.15, 0.2) is 34.9 Å². The van der Waals surface area contributed by atoms with Crippen molar-refractivity contribution in [3.8, 4) is 0 Å². The number of hydrogen-bond acceptors (Lipinski definition) is 5. The van der Waals surface area contributed by atoms with E-state index < -0.39 is 0 Å². The first-order chi connectivity index (χ1) is 12.4. The maximum absolute atomic E-state index is 12.7. The van der Waals surface area contributed by atoms with Gasteiger partial charge in [-0.25, -0.2) is 4.98 Å². The van der Waals surface area contributed by atoms with Gasteiger partial charge in [-0.1, -0.05) is 29.8 Å². The molecule has 1 saturated carbocycles. The van der Waals surface area contributed by atoms with E-state index in [0.717, 1.165) is 18.4 Å².